The highest BCUT2D eigenvalue weighted by Gasteiger charge is 2.21. The number of benzene rings is 1. The van der Waals surface area contributed by atoms with Crippen LogP contribution >= 0.6 is 11.6 Å². The van der Waals surface area contributed by atoms with Crippen molar-refractivity contribution in [2.45, 2.75) is 6.04 Å². The first-order valence-electron chi connectivity index (χ1n) is 5.35. The van der Waals surface area contributed by atoms with E-state index in [1.807, 2.05) is 0 Å². The molecule has 0 bridgehead atoms. The zero-order valence-corrected chi connectivity index (χ0v) is 10.4. The summed E-state index contributed by atoms with van der Waals surface area (Å²) in [7, 11) is 1.62. The highest BCUT2D eigenvalue weighted by atomic mass is 35.5. The minimum absolute atomic E-state index is 0.228. The van der Waals surface area contributed by atoms with Crippen molar-refractivity contribution in [2.24, 2.45) is 0 Å². The van der Waals surface area contributed by atoms with Crippen molar-refractivity contribution in [3.05, 3.63) is 64.4 Å². The Morgan fingerprint density at radius 1 is 1.22 bits per heavy atom. The van der Waals surface area contributed by atoms with E-state index in [1.165, 1.54) is 24.4 Å². The molecular weight excluding hydrogens is 258 g/mol. The summed E-state index contributed by atoms with van der Waals surface area (Å²) >= 11 is 5.99. The van der Waals surface area contributed by atoms with E-state index in [0.717, 1.165) is 6.20 Å². The maximum Gasteiger partial charge on any atom is 0.146 e. The molecule has 1 aromatic heterocycles. The average Bonchev–Trinajstić information content (AvgIpc) is 2.35. The third kappa shape index (κ3) is 2.35. The summed E-state index contributed by atoms with van der Waals surface area (Å²) < 4.78 is 27.6. The van der Waals surface area contributed by atoms with Gasteiger partial charge in [0.15, 0.2) is 0 Å². The van der Waals surface area contributed by atoms with Gasteiger partial charge < -0.3 is 5.32 Å². The van der Waals surface area contributed by atoms with Crippen LogP contribution in [0, 0.1) is 11.6 Å². The van der Waals surface area contributed by atoms with Crippen LogP contribution in [0.15, 0.2) is 36.7 Å². The van der Waals surface area contributed by atoms with Crippen LogP contribution in [0.2, 0.25) is 5.02 Å². The molecule has 5 heteroatoms. The second kappa shape index (κ2) is 5.42. The van der Waals surface area contributed by atoms with E-state index in [0.29, 0.717) is 5.56 Å². The molecule has 0 aliphatic carbocycles. The van der Waals surface area contributed by atoms with Crippen molar-refractivity contribution < 1.29 is 8.78 Å². The van der Waals surface area contributed by atoms with Gasteiger partial charge in [-0.3, -0.25) is 4.98 Å². The molecule has 0 spiro atoms. The Morgan fingerprint density at radius 3 is 2.61 bits per heavy atom. The van der Waals surface area contributed by atoms with Crippen LogP contribution in [-0.2, 0) is 0 Å². The lowest BCUT2D eigenvalue weighted by molar-refractivity contribution is 0.544. The highest BCUT2D eigenvalue weighted by Crippen LogP contribution is 2.31. The van der Waals surface area contributed by atoms with E-state index in [-0.39, 0.29) is 10.6 Å². The fraction of sp³-hybridized carbons (Fsp3) is 0.154. The Hall–Kier alpha value is -1.52. The van der Waals surface area contributed by atoms with Gasteiger partial charge in [-0.15, -0.1) is 0 Å². The molecule has 2 nitrogen and oxygen atoms in total. The second-order valence-electron chi connectivity index (χ2n) is 3.75. The van der Waals surface area contributed by atoms with Crippen molar-refractivity contribution in [2.75, 3.05) is 7.05 Å². The number of halogens is 3. The standard InChI is InChI=1S/C13H11ClF2N2/c1-17-13(8-5-6-18-7-11(8)16)12-9(14)3-2-4-10(12)15/h2-7,13,17H,1H3. The number of aromatic nitrogens is 1. The highest BCUT2D eigenvalue weighted by molar-refractivity contribution is 6.31. The van der Waals surface area contributed by atoms with Crippen molar-refractivity contribution in [3.8, 4) is 0 Å². The van der Waals surface area contributed by atoms with Gasteiger partial charge in [-0.05, 0) is 25.2 Å². The van der Waals surface area contributed by atoms with Gasteiger partial charge >= 0.3 is 0 Å². The first kappa shape index (κ1) is 12.9. The molecule has 0 fully saturated rings. The molecule has 94 valence electrons. The van der Waals surface area contributed by atoms with Crippen LogP contribution < -0.4 is 5.32 Å². The molecule has 0 amide bonds. The predicted octanol–water partition coefficient (Wildman–Crippen LogP) is 3.32. The van der Waals surface area contributed by atoms with E-state index >= 15 is 0 Å². The summed E-state index contributed by atoms with van der Waals surface area (Å²) in [6.07, 6.45) is 2.55. The molecule has 1 aromatic carbocycles. The Labute approximate surface area is 109 Å². The number of nitrogens with zero attached hydrogens (tertiary/aromatic N) is 1. The molecule has 1 atom stereocenters. The lowest BCUT2D eigenvalue weighted by Gasteiger charge is -2.19. The molecule has 2 rings (SSSR count). The molecule has 0 radical (unpaired) electrons. The predicted molar refractivity (Wildman–Crippen MR) is 66.5 cm³/mol. The fourth-order valence-electron chi connectivity index (χ4n) is 1.86. The minimum atomic E-state index is -0.651. The molecule has 1 unspecified atom stereocenters. The summed E-state index contributed by atoms with van der Waals surface area (Å²) in [5, 5.41) is 3.12. The normalized spacial score (nSPS) is 12.4. The smallest absolute Gasteiger partial charge is 0.146 e. The van der Waals surface area contributed by atoms with Gasteiger partial charge in [-0.1, -0.05) is 17.7 Å². The maximum atomic E-state index is 13.8. The van der Waals surface area contributed by atoms with Crippen LogP contribution in [-0.4, -0.2) is 12.0 Å². The molecule has 0 saturated carbocycles. The van der Waals surface area contributed by atoms with Crippen LogP contribution in [0.1, 0.15) is 17.2 Å². The number of hydrogen-bond acceptors (Lipinski definition) is 2. The van der Waals surface area contributed by atoms with Crippen molar-refractivity contribution in [1.82, 2.24) is 10.3 Å². The lowest BCUT2D eigenvalue weighted by atomic mass is 9.99. The summed E-state index contributed by atoms with van der Waals surface area (Å²) in [5.41, 5.74) is 0.534. The van der Waals surface area contributed by atoms with E-state index < -0.39 is 17.7 Å². The number of nitrogens with one attached hydrogen (secondary N) is 1. The molecule has 1 heterocycles. The van der Waals surface area contributed by atoms with Crippen LogP contribution in [0.4, 0.5) is 8.78 Å². The van der Waals surface area contributed by atoms with Crippen LogP contribution in [0.25, 0.3) is 0 Å². The van der Waals surface area contributed by atoms with Gasteiger partial charge in [0.05, 0.1) is 12.2 Å². The lowest BCUT2D eigenvalue weighted by Crippen LogP contribution is -2.20. The van der Waals surface area contributed by atoms with E-state index in [2.05, 4.69) is 10.3 Å². The quantitative estimate of drug-likeness (QED) is 0.924. The van der Waals surface area contributed by atoms with Crippen molar-refractivity contribution in [3.63, 3.8) is 0 Å². The summed E-state index contributed by atoms with van der Waals surface area (Å²) in [4.78, 5) is 3.67. The summed E-state index contributed by atoms with van der Waals surface area (Å²) in [6, 6.07) is 5.23. The van der Waals surface area contributed by atoms with Gasteiger partial charge in [0, 0.05) is 22.3 Å². The van der Waals surface area contributed by atoms with Gasteiger partial charge in [-0.25, -0.2) is 8.78 Å². The van der Waals surface area contributed by atoms with E-state index in [9.17, 15) is 8.78 Å². The summed E-state index contributed by atoms with van der Waals surface area (Å²) in [5.74, 6) is -0.978. The Morgan fingerprint density at radius 2 is 2.00 bits per heavy atom. The second-order valence-corrected chi connectivity index (χ2v) is 4.16. The molecule has 0 saturated heterocycles. The zero-order chi connectivity index (χ0) is 13.1. The van der Waals surface area contributed by atoms with Crippen LogP contribution in [0.3, 0.4) is 0 Å². The number of hydrogen-bond donors (Lipinski definition) is 1. The molecule has 1 N–H and O–H groups in total. The van der Waals surface area contributed by atoms with E-state index in [1.54, 1.807) is 13.1 Å². The molecule has 0 aliphatic heterocycles. The third-order valence-corrected chi connectivity index (χ3v) is 3.02. The van der Waals surface area contributed by atoms with Gasteiger partial charge in [0.25, 0.3) is 0 Å². The average molecular weight is 269 g/mol. The Bertz CT molecular complexity index is 540. The minimum Gasteiger partial charge on any atom is -0.309 e. The van der Waals surface area contributed by atoms with Gasteiger partial charge in [0.2, 0.25) is 0 Å². The molecule has 2 aromatic rings. The van der Waals surface area contributed by atoms with Crippen LogP contribution in [0.5, 0.6) is 0 Å². The third-order valence-electron chi connectivity index (χ3n) is 2.69. The zero-order valence-electron chi connectivity index (χ0n) is 9.62. The van der Waals surface area contributed by atoms with Gasteiger partial charge in [0.1, 0.15) is 11.6 Å². The van der Waals surface area contributed by atoms with E-state index in [4.69, 9.17) is 11.6 Å². The number of rotatable bonds is 3. The molecular formula is C13H11ClF2N2. The first-order valence-corrected chi connectivity index (χ1v) is 5.73. The molecule has 18 heavy (non-hydrogen) atoms. The Kier molecular flexibility index (Phi) is 3.89. The topological polar surface area (TPSA) is 24.9 Å². The Balaban J connectivity index is 2.56. The SMILES string of the molecule is CNC(c1ccncc1F)c1c(F)cccc1Cl. The monoisotopic (exact) mass is 268 g/mol. The fourth-order valence-corrected chi connectivity index (χ4v) is 2.13. The first-order chi connectivity index (χ1) is 8.65. The number of pyridine rings is 1. The molecule has 0 aliphatic rings. The van der Waals surface area contributed by atoms with Crippen molar-refractivity contribution in [1.29, 1.82) is 0 Å². The largest absolute Gasteiger partial charge is 0.309 e. The summed E-state index contributed by atoms with van der Waals surface area (Å²) in [6.45, 7) is 0. The van der Waals surface area contributed by atoms with Gasteiger partial charge in [-0.2, -0.15) is 0 Å². The maximum absolute atomic E-state index is 13.8. The van der Waals surface area contributed by atoms with Crippen molar-refractivity contribution >= 4 is 11.6 Å².